The summed E-state index contributed by atoms with van der Waals surface area (Å²) in [6.07, 6.45) is 0. The van der Waals surface area contributed by atoms with E-state index in [1.165, 1.54) is 11.1 Å². The molecule has 0 saturated heterocycles. The van der Waals surface area contributed by atoms with Crippen LogP contribution in [0.5, 0.6) is 5.75 Å². The highest BCUT2D eigenvalue weighted by Gasteiger charge is 2.26. The third-order valence-corrected chi connectivity index (χ3v) is 5.10. The fourth-order valence-electron chi connectivity index (χ4n) is 3.51. The Morgan fingerprint density at radius 1 is 1.00 bits per heavy atom. The fraction of sp³-hybridized carbons (Fsp3) is 0.240. The maximum Gasteiger partial charge on any atom is 0.246 e. The number of aryl methyl sites for hydroxylation is 2. The lowest BCUT2D eigenvalue weighted by Crippen LogP contribution is -2.34. The van der Waals surface area contributed by atoms with Crippen molar-refractivity contribution in [2.45, 2.75) is 26.4 Å². The Hall–Kier alpha value is -3.11. The molecule has 0 heterocycles. The summed E-state index contributed by atoms with van der Waals surface area (Å²) in [5, 5.41) is 3.08. The van der Waals surface area contributed by atoms with Gasteiger partial charge in [-0.2, -0.15) is 0 Å². The molecule has 0 radical (unpaired) electrons. The number of carbonyl (C=O) groups is 1. The van der Waals surface area contributed by atoms with Gasteiger partial charge in [-0.3, -0.25) is 9.69 Å². The first-order valence-corrected chi connectivity index (χ1v) is 9.75. The van der Waals surface area contributed by atoms with Gasteiger partial charge in [-0.15, -0.1) is 0 Å². The van der Waals surface area contributed by atoms with Gasteiger partial charge in [0.15, 0.2) is 0 Å². The highest BCUT2D eigenvalue weighted by molar-refractivity contribution is 5.96. The van der Waals surface area contributed by atoms with Crippen LogP contribution in [0.15, 0.2) is 72.8 Å². The Morgan fingerprint density at radius 3 is 2.38 bits per heavy atom. The minimum atomic E-state index is -0.430. The Labute approximate surface area is 173 Å². The Morgan fingerprint density at radius 2 is 1.69 bits per heavy atom. The summed E-state index contributed by atoms with van der Waals surface area (Å²) in [6, 6.07) is 23.5. The highest BCUT2D eigenvalue weighted by Crippen LogP contribution is 2.29. The highest BCUT2D eigenvalue weighted by atomic mass is 16.5. The maximum atomic E-state index is 13.4. The number of hydrogen-bond donors (Lipinski definition) is 1. The SMILES string of the molecule is COc1ccc(C)cc1NC(=O)[C@H](c1ccccc1)N(C)Cc1ccccc1C. The molecule has 1 amide bonds. The summed E-state index contributed by atoms with van der Waals surface area (Å²) >= 11 is 0. The number of nitrogens with zero attached hydrogens (tertiary/aromatic N) is 1. The summed E-state index contributed by atoms with van der Waals surface area (Å²) in [7, 11) is 3.59. The second-order valence-corrected chi connectivity index (χ2v) is 7.35. The van der Waals surface area contributed by atoms with Crippen LogP contribution < -0.4 is 10.1 Å². The van der Waals surface area contributed by atoms with Gasteiger partial charge in [0.1, 0.15) is 11.8 Å². The van der Waals surface area contributed by atoms with Gasteiger partial charge in [-0.1, -0.05) is 60.7 Å². The van der Waals surface area contributed by atoms with Gasteiger partial charge in [0.05, 0.1) is 12.8 Å². The molecule has 3 aromatic carbocycles. The molecule has 3 aromatic rings. The Kier molecular flexibility index (Phi) is 6.68. The quantitative estimate of drug-likeness (QED) is 0.610. The molecule has 0 fully saturated rings. The van der Waals surface area contributed by atoms with Crippen molar-refractivity contribution in [3.63, 3.8) is 0 Å². The van der Waals surface area contributed by atoms with Gasteiger partial charge in [0.25, 0.3) is 0 Å². The molecule has 0 aliphatic heterocycles. The van der Waals surface area contributed by atoms with Crippen molar-refractivity contribution in [1.82, 2.24) is 4.90 Å². The van der Waals surface area contributed by atoms with Gasteiger partial charge in [-0.25, -0.2) is 0 Å². The summed E-state index contributed by atoms with van der Waals surface area (Å²) < 4.78 is 5.43. The third kappa shape index (κ3) is 5.04. The second kappa shape index (κ2) is 9.39. The molecule has 3 rings (SSSR count). The van der Waals surface area contributed by atoms with Crippen molar-refractivity contribution in [1.29, 1.82) is 0 Å². The first kappa shape index (κ1) is 20.6. The van der Waals surface area contributed by atoms with Crippen LogP contribution in [0.2, 0.25) is 0 Å². The molecular weight excluding hydrogens is 360 g/mol. The van der Waals surface area contributed by atoms with Gasteiger partial charge in [0.2, 0.25) is 5.91 Å². The number of methoxy groups -OCH3 is 1. The molecule has 0 spiro atoms. The second-order valence-electron chi connectivity index (χ2n) is 7.35. The zero-order chi connectivity index (χ0) is 20.8. The lowest BCUT2D eigenvalue weighted by molar-refractivity contribution is -0.121. The van der Waals surface area contributed by atoms with Crippen molar-refractivity contribution in [2.75, 3.05) is 19.5 Å². The van der Waals surface area contributed by atoms with E-state index in [0.717, 1.165) is 11.1 Å². The predicted octanol–water partition coefficient (Wildman–Crippen LogP) is 5.12. The van der Waals surface area contributed by atoms with Crippen LogP contribution in [0, 0.1) is 13.8 Å². The number of benzene rings is 3. The summed E-state index contributed by atoms with van der Waals surface area (Å²) in [4.78, 5) is 15.5. The van der Waals surface area contributed by atoms with Gasteiger partial charge >= 0.3 is 0 Å². The predicted molar refractivity (Wildman–Crippen MR) is 118 cm³/mol. The minimum Gasteiger partial charge on any atom is -0.495 e. The number of hydrogen-bond acceptors (Lipinski definition) is 3. The molecule has 1 atom stereocenters. The van der Waals surface area contributed by atoms with E-state index in [2.05, 4.69) is 29.3 Å². The molecule has 0 aromatic heterocycles. The number of likely N-dealkylation sites (N-methyl/N-ethyl adjacent to an activating group) is 1. The van der Waals surface area contributed by atoms with Crippen LogP contribution in [0.3, 0.4) is 0 Å². The van der Waals surface area contributed by atoms with E-state index < -0.39 is 6.04 Å². The van der Waals surface area contributed by atoms with Crippen molar-refractivity contribution in [3.8, 4) is 5.75 Å². The summed E-state index contributed by atoms with van der Waals surface area (Å²) in [6.45, 7) is 4.76. The van der Waals surface area contributed by atoms with Crippen molar-refractivity contribution < 1.29 is 9.53 Å². The van der Waals surface area contributed by atoms with Crippen LogP contribution in [0.4, 0.5) is 5.69 Å². The molecule has 0 bridgehead atoms. The summed E-state index contributed by atoms with van der Waals surface area (Å²) in [5.41, 5.74) is 5.12. The number of nitrogens with one attached hydrogen (secondary N) is 1. The lowest BCUT2D eigenvalue weighted by Gasteiger charge is -2.28. The smallest absolute Gasteiger partial charge is 0.246 e. The van der Waals surface area contributed by atoms with Crippen LogP contribution in [-0.2, 0) is 11.3 Å². The van der Waals surface area contributed by atoms with Crippen molar-refractivity contribution >= 4 is 11.6 Å². The van der Waals surface area contributed by atoms with E-state index in [1.54, 1.807) is 7.11 Å². The van der Waals surface area contributed by atoms with Gasteiger partial charge in [0, 0.05) is 6.54 Å². The van der Waals surface area contributed by atoms with Crippen molar-refractivity contribution in [3.05, 3.63) is 95.1 Å². The molecule has 4 nitrogen and oxygen atoms in total. The number of anilines is 1. The average molecular weight is 389 g/mol. The third-order valence-electron chi connectivity index (χ3n) is 5.10. The molecular formula is C25H28N2O2. The monoisotopic (exact) mass is 388 g/mol. The molecule has 29 heavy (non-hydrogen) atoms. The number of rotatable bonds is 7. The fourth-order valence-corrected chi connectivity index (χ4v) is 3.51. The number of amides is 1. The van der Waals surface area contributed by atoms with E-state index in [4.69, 9.17) is 4.74 Å². The largest absolute Gasteiger partial charge is 0.495 e. The maximum absolute atomic E-state index is 13.4. The van der Waals surface area contributed by atoms with Crippen LogP contribution in [0.1, 0.15) is 28.3 Å². The minimum absolute atomic E-state index is 0.0869. The Bertz CT molecular complexity index is 970. The Balaban J connectivity index is 1.91. The zero-order valence-electron chi connectivity index (χ0n) is 17.5. The van der Waals surface area contributed by atoms with E-state index in [1.807, 2.05) is 74.6 Å². The molecule has 0 saturated carbocycles. The standard InChI is InChI=1S/C25H28N2O2/c1-18-14-15-23(29-4)22(16-18)26-25(28)24(20-11-6-5-7-12-20)27(3)17-21-13-9-8-10-19(21)2/h5-16,24H,17H2,1-4H3,(H,26,28)/t24-/m0/s1. The molecule has 4 heteroatoms. The summed E-state index contributed by atoms with van der Waals surface area (Å²) in [5.74, 6) is 0.563. The van der Waals surface area contributed by atoms with Crippen LogP contribution in [0.25, 0.3) is 0 Å². The molecule has 0 aliphatic rings. The van der Waals surface area contributed by atoms with E-state index in [-0.39, 0.29) is 5.91 Å². The number of ether oxygens (including phenoxy) is 1. The van der Waals surface area contributed by atoms with E-state index in [0.29, 0.717) is 18.0 Å². The van der Waals surface area contributed by atoms with Crippen molar-refractivity contribution in [2.24, 2.45) is 0 Å². The van der Waals surface area contributed by atoms with Gasteiger partial charge < -0.3 is 10.1 Å². The van der Waals surface area contributed by atoms with Crippen LogP contribution in [-0.4, -0.2) is 25.0 Å². The molecule has 150 valence electrons. The van der Waals surface area contributed by atoms with E-state index in [9.17, 15) is 4.79 Å². The first-order chi connectivity index (χ1) is 14.0. The average Bonchev–Trinajstić information content (AvgIpc) is 2.71. The molecule has 1 N–H and O–H groups in total. The molecule has 0 unspecified atom stereocenters. The normalized spacial score (nSPS) is 11.9. The topological polar surface area (TPSA) is 41.6 Å². The van der Waals surface area contributed by atoms with Crippen LogP contribution >= 0.6 is 0 Å². The molecule has 0 aliphatic carbocycles. The lowest BCUT2D eigenvalue weighted by atomic mass is 10.0. The first-order valence-electron chi connectivity index (χ1n) is 9.75. The van der Waals surface area contributed by atoms with Gasteiger partial charge in [-0.05, 0) is 55.3 Å². The number of carbonyl (C=O) groups excluding carboxylic acids is 1. The van der Waals surface area contributed by atoms with E-state index >= 15 is 0 Å². The zero-order valence-corrected chi connectivity index (χ0v) is 17.5.